The topological polar surface area (TPSA) is 343 Å². The number of nitrogens with two attached hydrogens (primary N) is 4. The molecule has 0 spiro atoms. The first-order chi connectivity index (χ1) is 61.0. The average molecular weight is 1630 g/mol. The quantitative estimate of drug-likeness (QED) is 0.0589. The minimum atomic E-state index is 0.233. The lowest BCUT2D eigenvalue weighted by Crippen LogP contribution is -2.26. The van der Waals surface area contributed by atoms with Crippen LogP contribution in [-0.2, 0) is 0 Å². The van der Waals surface area contributed by atoms with Crippen LogP contribution in [-0.4, -0.2) is 111 Å². The summed E-state index contributed by atoms with van der Waals surface area (Å²) in [6, 6.07) is 71.7. The van der Waals surface area contributed by atoms with Gasteiger partial charge in [0.15, 0.2) is 0 Å². The number of imidazole rings is 4. The number of aliphatic hydroxyl groups excluding tert-OH is 2. The number of nitrogens with zero attached hydrogens (tertiary/aromatic N) is 18. The van der Waals surface area contributed by atoms with E-state index >= 15 is 0 Å². The first-order valence-electron chi connectivity index (χ1n) is 42.3. The van der Waals surface area contributed by atoms with Gasteiger partial charge < -0.3 is 33.1 Å². The molecule has 0 radical (unpaired) electrons. The Morgan fingerprint density at radius 1 is 0.274 bits per heavy atom. The average Bonchev–Trinajstić information content (AvgIpc) is 1.62. The van der Waals surface area contributed by atoms with Crippen LogP contribution >= 0.6 is 0 Å². The molecular weight excluding hydrogens is 1540 g/mol. The lowest BCUT2D eigenvalue weighted by atomic mass is 9.75. The van der Waals surface area contributed by atoms with Gasteiger partial charge in [-0.1, -0.05) is 152 Å². The van der Waals surface area contributed by atoms with Gasteiger partial charge in [-0.25, -0.2) is 59.8 Å². The molecular formula is C100H86N22O2. The molecule has 10 N–H and O–H groups in total. The van der Waals surface area contributed by atoms with Gasteiger partial charge in [0.05, 0.1) is 50.5 Å². The van der Waals surface area contributed by atoms with Gasteiger partial charge in [0, 0.05) is 166 Å². The van der Waals surface area contributed by atoms with Crippen molar-refractivity contribution in [3.63, 3.8) is 0 Å². The molecule has 4 aliphatic rings. The predicted molar refractivity (Wildman–Crippen MR) is 488 cm³/mol. The summed E-state index contributed by atoms with van der Waals surface area (Å²) >= 11 is 0. The number of hydrogen-bond donors (Lipinski definition) is 6. The normalized spacial score (nSPS) is 16.3. The highest BCUT2D eigenvalue weighted by molar-refractivity contribution is 5.96. The zero-order chi connectivity index (χ0) is 83.5. The Bertz CT molecular complexity index is 6970. The van der Waals surface area contributed by atoms with Crippen LogP contribution < -0.4 is 22.9 Å². The van der Waals surface area contributed by atoms with E-state index in [0.29, 0.717) is 58.8 Å². The van der Waals surface area contributed by atoms with Crippen molar-refractivity contribution in [3.05, 3.63) is 304 Å². The summed E-state index contributed by atoms with van der Waals surface area (Å²) in [5.74, 6) is 8.40. The van der Waals surface area contributed by atoms with Crippen LogP contribution in [0.25, 0.3) is 156 Å². The van der Waals surface area contributed by atoms with Crippen LogP contribution in [0.2, 0.25) is 0 Å². The summed E-state index contributed by atoms with van der Waals surface area (Å²) < 4.78 is 8.36. The maximum Gasteiger partial charge on any atom is 0.150 e. The maximum atomic E-state index is 9.43. The van der Waals surface area contributed by atoms with E-state index in [4.69, 9.17) is 62.8 Å². The first-order valence-corrected chi connectivity index (χ1v) is 42.3. The third kappa shape index (κ3) is 14.4. The molecule has 4 aliphatic carbocycles. The molecule has 0 amide bonds. The van der Waals surface area contributed by atoms with Gasteiger partial charge >= 0.3 is 0 Å². The predicted octanol–water partition coefficient (Wildman–Crippen LogP) is 19.1. The molecule has 0 aliphatic heterocycles. The second kappa shape index (κ2) is 32.4. The van der Waals surface area contributed by atoms with E-state index in [1.165, 1.54) is 38.5 Å². The molecule has 24 rings (SSSR count). The molecule has 0 unspecified atom stereocenters. The van der Waals surface area contributed by atoms with E-state index < -0.39 is 0 Å². The van der Waals surface area contributed by atoms with Crippen molar-refractivity contribution in [3.8, 4) is 90.2 Å². The highest BCUT2D eigenvalue weighted by Gasteiger charge is 2.36. The number of hydrogen-bond acceptors (Lipinski definition) is 20. The van der Waals surface area contributed by atoms with E-state index in [1.54, 1.807) is 43.4 Å². The van der Waals surface area contributed by atoms with E-state index in [2.05, 4.69) is 181 Å². The fraction of sp³-hybridized carbons (Fsp3) is 0.180. The van der Waals surface area contributed by atoms with E-state index in [-0.39, 0.29) is 13.2 Å². The number of nitrogen functional groups attached to an aromatic ring is 4. The molecule has 14 heterocycles. The van der Waals surface area contributed by atoms with Crippen LogP contribution in [0.15, 0.2) is 280 Å². The Balaban J connectivity index is 0.000000101. The highest BCUT2D eigenvalue weighted by Crippen LogP contribution is 2.47. The zero-order valence-corrected chi connectivity index (χ0v) is 67.8. The van der Waals surface area contributed by atoms with Gasteiger partial charge in [-0.3, -0.25) is 27.6 Å². The summed E-state index contributed by atoms with van der Waals surface area (Å²) in [5, 5.41) is 23.2. The minimum absolute atomic E-state index is 0.233. The molecule has 20 aromatic rings. The minimum Gasteiger partial charge on any atom is -0.396 e. The van der Waals surface area contributed by atoms with Crippen molar-refractivity contribution in [2.24, 2.45) is 11.8 Å². The van der Waals surface area contributed by atoms with Gasteiger partial charge in [-0.2, -0.15) is 0 Å². The van der Waals surface area contributed by atoms with Crippen molar-refractivity contribution in [2.45, 2.75) is 87.9 Å². The van der Waals surface area contributed by atoms with Crippen LogP contribution in [0.4, 0.5) is 23.3 Å². The smallest absolute Gasteiger partial charge is 0.150 e. The molecule has 0 saturated heterocycles. The second-order valence-electron chi connectivity index (χ2n) is 32.7. The Morgan fingerprint density at radius 2 is 0.581 bits per heavy atom. The summed E-state index contributed by atoms with van der Waals surface area (Å²) in [5.41, 5.74) is 47.3. The van der Waals surface area contributed by atoms with Crippen molar-refractivity contribution in [1.29, 1.82) is 0 Å². The van der Waals surface area contributed by atoms with Gasteiger partial charge in [0.2, 0.25) is 0 Å². The van der Waals surface area contributed by atoms with Crippen LogP contribution in [0.1, 0.15) is 111 Å². The van der Waals surface area contributed by atoms with Crippen molar-refractivity contribution >= 4 is 88.9 Å². The Kier molecular flexibility index (Phi) is 20.0. The molecule has 24 heteroatoms. The number of aliphatic hydroxyl groups is 2. The fourth-order valence-corrected chi connectivity index (χ4v) is 17.8. The number of anilines is 4. The maximum absolute atomic E-state index is 9.43. The van der Waals surface area contributed by atoms with Crippen LogP contribution in [0.3, 0.4) is 0 Å². The molecule has 14 aromatic heterocycles. The van der Waals surface area contributed by atoms with Crippen LogP contribution in [0.5, 0.6) is 0 Å². The summed E-state index contributed by atoms with van der Waals surface area (Å²) in [7, 11) is 0. The van der Waals surface area contributed by atoms with Gasteiger partial charge in [0.25, 0.3) is 0 Å². The van der Waals surface area contributed by atoms with Crippen molar-refractivity contribution < 1.29 is 10.2 Å². The van der Waals surface area contributed by atoms with E-state index in [1.807, 2.05) is 104 Å². The van der Waals surface area contributed by atoms with Gasteiger partial charge in [-0.15, -0.1) is 0 Å². The Morgan fingerprint density at radius 3 is 0.895 bits per heavy atom. The molecule has 24 nitrogen and oxygen atoms in total. The largest absolute Gasteiger partial charge is 0.396 e. The number of benzene rings is 6. The SMILES string of the molecule is Nc1nccn2c(C3CC(CO)C3)nc(-c3ccc4ccc(-c5ccccc5)nc4c3)c12.Nc1nccn2c(C3CC(CO)C3)nc(-c3ccc4ccc(-c5ccccc5)nc4c3)c12.Nc1nccn2c(C3CCC3)nc(-c3ccc4ccc(-c5ccccn5)nc4c3)c12.Nc1nccn2c(C3CCC3)nc(-c3ccc4ccc(-c5ccncc5)nc4c3)c12. The Hall–Kier alpha value is -15.1. The fourth-order valence-electron chi connectivity index (χ4n) is 17.8. The highest BCUT2D eigenvalue weighted by atomic mass is 16.3. The summed E-state index contributed by atoms with van der Waals surface area (Å²) in [6.45, 7) is 0.465. The summed E-state index contributed by atoms with van der Waals surface area (Å²) in [4.78, 5) is 65.5. The van der Waals surface area contributed by atoms with E-state index in [0.717, 1.165) is 205 Å². The molecule has 4 fully saturated rings. The molecule has 124 heavy (non-hydrogen) atoms. The standard InChI is InChI=1S/2C26H23N5O.2C24H20N6/c2*27-25-24-23(30-26(31(24)11-10-28-25)20-12-16(13-20)15-32)19-7-6-18-8-9-21(29-22(18)14-19)17-4-2-1-3-5-17;25-23-22-21(29-24(16-4-3-5-16)30(22)13-12-27-23)17-8-7-15-9-10-19(28-20(15)14-17)18-6-1-2-11-26-18;25-23-22-21(29-24(17-2-1-3-17)30(22)13-12-27-23)18-5-4-15-6-7-19(28-20(15)14-18)16-8-10-26-11-9-16/h2*1-11,14,16,20,32H,12-13,15H2,(H2,27,28);1-2,6-14,16H,3-5H2,(H2,25,27);4-14,17H,1-3H2,(H2,25,27). The molecule has 0 bridgehead atoms. The number of aromatic nitrogens is 18. The molecule has 4 saturated carbocycles. The summed E-state index contributed by atoms with van der Waals surface area (Å²) in [6.07, 6.45) is 31.0. The third-order valence-corrected chi connectivity index (χ3v) is 25.0. The van der Waals surface area contributed by atoms with Crippen LogP contribution in [0, 0.1) is 11.8 Å². The zero-order valence-electron chi connectivity index (χ0n) is 67.8. The van der Waals surface area contributed by atoms with Gasteiger partial charge in [-0.05, 0) is 136 Å². The number of pyridine rings is 6. The lowest BCUT2D eigenvalue weighted by molar-refractivity contribution is 0.138. The first kappa shape index (κ1) is 76.3. The Labute approximate surface area is 712 Å². The van der Waals surface area contributed by atoms with Crippen molar-refractivity contribution in [2.75, 3.05) is 36.1 Å². The van der Waals surface area contributed by atoms with Crippen molar-refractivity contribution in [1.82, 2.24) is 87.4 Å². The van der Waals surface area contributed by atoms with E-state index in [9.17, 15) is 10.2 Å². The lowest BCUT2D eigenvalue weighted by Gasteiger charge is -2.32. The number of fused-ring (bicyclic) bond motifs is 8. The van der Waals surface area contributed by atoms with Gasteiger partial charge in [0.1, 0.15) is 91.4 Å². The monoisotopic (exact) mass is 1630 g/mol. The molecule has 0 atom stereocenters. The molecule has 6 aromatic carbocycles. The number of rotatable bonds is 14. The second-order valence-corrected chi connectivity index (χ2v) is 32.7. The third-order valence-electron chi connectivity index (χ3n) is 25.0. The molecule has 608 valence electrons.